The summed E-state index contributed by atoms with van der Waals surface area (Å²) in [5.41, 5.74) is 2.32. The number of aryl methyl sites for hydroxylation is 1. The molecule has 1 aromatic carbocycles. The van der Waals surface area contributed by atoms with E-state index in [2.05, 4.69) is 43.8 Å². The standard InChI is InChI=1S/C11H9NS2/c1-7-4-8(2-3-12)11-9(5-7)6-10(13)14-11/h4-6,13H,2H2,1H3. The Morgan fingerprint density at radius 2 is 2.21 bits per heavy atom. The average molecular weight is 219 g/mol. The highest BCUT2D eigenvalue weighted by atomic mass is 32.2. The van der Waals surface area contributed by atoms with Gasteiger partial charge in [0.25, 0.3) is 0 Å². The van der Waals surface area contributed by atoms with Crippen LogP contribution in [0, 0.1) is 18.3 Å². The monoisotopic (exact) mass is 219 g/mol. The predicted octanol–water partition coefficient (Wildman–Crippen LogP) is 3.56. The van der Waals surface area contributed by atoms with Crippen LogP contribution in [0.4, 0.5) is 0 Å². The van der Waals surface area contributed by atoms with Crippen LogP contribution in [0.2, 0.25) is 0 Å². The van der Waals surface area contributed by atoms with Crippen LogP contribution in [-0.4, -0.2) is 0 Å². The molecule has 0 aliphatic carbocycles. The van der Waals surface area contributed by atoms with Gasteiger partial charge in [0.2, 0.25) is 0 Å². The van der Waals surface area contributed by atoms with Crippen LogP contribution in [0.3, 0.4) is 0 Å². The lowest BCUT2D eigenvalue weighted by atomic mass is 10.1. The number of thiophene rings is 1. The number of fused-ring (bicyclic) bond motifs is 1. The van der Waals surface area contributed by atoms with Crippen LogP contribution >= 0.6 is 24.0 Å². The lowest BCUT2D eigenvalue weighted by Crippen LogP contribution is -1.83. The second-order valence-corrected chi connectivity index (χ2v) is 5.10. The van der Waals surface area contributed by atoms with E-state index in [0.717, 1.165) is 9.77 Å². The van der Waals surface area contributed by atoms with Gasteiger partial charge < -0.3 is 0 Å². The van der Waals surface area contributed by atoms with Gasteiger partial charge >= 0.3 is 0 Å². The van der Waals surface area contributed by atoms with E-state index < -0.39 is 0 Å². The van der Waals surface area contributed by atoms with Crippen molar-refractivity contribution in [2.24, 2.45) is 0 Å². The number of nitrogens with zero attached hydrogens (tertiary/aromatic N) is 1. The Morgan fingerprint density at radius 3 is 2.93 bits per heavy atom. The summed E-state index contributed by atoms with van der Waals surface area (Å²) >= 11 is 5.97. The second-order valence-electron chi connectivity index (χ2n) is 3.26. The fraction of sp³-hybridized carbons (Fsp3) is 0.182. The molecule has 0 N–H and O–H groups in total. The van der Waals surface area contributed by atoms with Crippen LogP contribution in [0.15, 0.2) is 22.4 Å². The van der Waals surface area contributed by atoms with Gasteiger partial charge in [-0.2, -0.15) is 5.26 Å². The van der Waals surface area contributed by atoms with E-state index in [0.29, 0.717) is 6.42 Å². The van der Waals surface area contributed by atoms with Crippen LogP contribution in [0.1, 0.15) is 11.1 Å². The van der Waals surface area contributed by atoms with Crippen molar-refractivity contribution in [3.63, 3.8) is 0 Å². The summed E-state index contributed by atoms with van der Waals surface area (Å²) in [7, 11) is 0. The molecule has 2 rings (SSSR count). The molecule has 0 saturated carbocycles. The van der Waals surface area contributed by atoms with Crippen molar-refractivity contribution >= 4 is 34.1 Å². The molecule has 70 valence electrons. The first-order valence-corrected chi connectivity index (χ1v) is 5.56. The van der Waals surface area contributed by atoms with Gasteiger partial charge in [0, 0.05) is 4.70 Å². The molecule has 0 amide bonds. The first kappa shape index (κ1) is 9.57. The minimum atomic E-state index is 0.478. The van der Waals surface area contributed by atoms with E-state index in [-0.39, 0.29) is 0 Å². The van der Waals surface area contributed by atoms with Crippen molar-refractivity contribution in [1.29, 1.82) is 5.26 Å². The molecule has 0 radical (unpaired) electrons. The molecule has 3 heteroatoms. The molecule has 0 saturated heterocycles. The summed E-state index contributed by atoms with van der Waals surface area (Å²) in [5.74, 6) is 0. The minimum Gasteiger partial charge on any atom is -0.198 e. The predicted molar refractivity (Wildman–Crippen MR) is 63.1 cm³/mol. The molecule has 0 bridgehead atoms. The summed E-state index contributed by atoms with van der Waals surface area (Å²) in [5, 5.41) is 9.91. The van der Waals surface area contributed by atoms with Crippen molar-refractivity contribution in [3.8, 4) is 6.07 Å². The van der Waals surface area contributed by atoms with E-state index >= 15 is 0 Å². The highest BCUT2D eigenvalue weighted by Crippen LogP contribution is 2.32. The summed E-state index contributed by atoms with van der Waals surface area (Å²) < 4.78 is 2.20. The van der Waals surface area contributed by atoms with Gasteiger partial charge in [-0.25, -0.2) is 0 Å². The molecule has 1 heterocycles. The number of thiol groups is 1. The maximum absolute atomic E-state index is 8.71. The molecular formula is C11H9NS2. The Hall–Kier alpha value is -0.980. The van der Waals surface area contributed by atoms with Gasteiger partial charge in [-0.05, 0) is 23.9 Å². The summed E-state index contributed by atoms with van der Waals surface area (Å²) in [6, 6.07) is 8.46. The Bertz CT molecular complexity index is 520. The fourth-order valence-corrected chi connectivity index (χ4v) is 2.90. The molecule has 0 aliphatic heterocycles. The van der Waals surface area contributed by atoms with E-state index in [1.54, 1.807) is 11.3 Å². The summed E-state index contributed by atoms with van der Waals surface area (Å²) in [6.07, 6.45) is 0.478. The largest absolute Gasteiger partial charge is 0.198 e. The Balaban J connectivity index is 2.74. The smallest absolute Gasteiger partial charge is 0.0670 e. The average Bonchev–Trinajstić information content (AvgIpc) is 2.45. The van der Waals surface area contributed by atoms with Gasteiger partial charge in [-0.15, -0.1) is 24.0 Å². The number of hydrogen-bond donors (Lipinski definition) is 1. The Kier molecular flexibility index (Phi) is 2.49. The number of benzene rings is 1. The summed E-state index contributed by atoms with van der Waals surface area (Å²) in [4.78, 5) is 0. The molecule has 0 atom stereocenters. The zero-order valence-corrected chi connectivity index (χ0v) is 9.45. The van der Waals surface area contributed by atoms with Crippen molar-refractivity contribution < 1.29 is 0 Å². The SMILES string of the molecule is Cc1cc(CC#N)c2sc(S)cc2c1. The third-order valence-corrected chi connectivity index (χ3v) is 3.53. The quantitative estimate of drug-likeness (QED) is 0.728. The van der Waals surface area contributed by atoms with Crippen LogP contribution in [-0.2, 0) is 6.42 Å². The van der Waals surface area contributed by atoms with Crippen LogP contribution < -0.4 is 0 Å². The van der Waals surface area contributed by atoms with Gasteiger partial charge in [0.1, 0.15) is 0 Å². The minimum absolute atomic E-state index is 0.478. The van der Waals surface area contributed by atoms with E-state index in [9.17, 15) is 0 Å². The maximum Gasteiger partial charge on any atom is 0.0670 e. The lowest BCUT2D eigenvalue weighted by Gasteiger charge is -1.99. The molecule has 1 aromatic heterocycles. The Labute approximate surface area is 92.4 Å². The van der Waals surface area contributed by atoms with Crippen LogP contribution in [0.5, 0.6) is 0 Å². The number of rotatable bonds is 1. The van der Waals surface area contributed by atoms with Gasteiger partial charge in [0.15, 0.2) is 0 Å². The molecule has 1 nitrogen and oxygen atoms in total. The van der Waals surface area contributed by atoms with Gasteiger partial charge in [-0.1, -0.05) is 17.7 Å². The number of nitriles is 1. The van der Waals surface area contributed by atoms with E-state index in [1.807, 2.05) is 0 Å². The topological polar surface area (TPSA) is 23.8 Å². The molecule has 14 heavy (non-hydrogen) atoms. The third kappa shape index (κ3) is 1.63. The van der Waals surface area contributed by atoms with E-state index in [1.165, 1.54) is 15.6 Å². The first-order valence-electron chi connectivity index (χ1n) is 4.29. The normalized spacial score (nSPS) is 10.4. The zero-order valence-electron chi connectivity index (χ0n) is 7.74. The first-order chi connectivity index (χ1) is 6.70. The van der Waals surface area contributed by atoms with Gasteiger partial charge in [0.05, 0.1) is 16.7 Å². The molecular weight excluding hydrogens is 210 g/mol. The van der Waals surface area contributed by atoms with E-state index in [4.69, 9.17) is 5.26 Å². The second kappa shape index (κ2) is 3.64. The van der Waals surface area contributed by atoms with Crippen LogP contribution in [0.25, 0.3) is 10.1 Å². The fourth-order valence-electron chi connectivity index (χ4n) is 1.59. The Morgan fingerprint density at radius 1 is 1.43 bits per heavy atom. The lowest BCUT2D eigenvalue weighted by molar-refractivity contribution is 1.28. The highest BCUT2D eigenvalue weighted by molar-refractivity contribution is 7.83. The van der Waals surface area contributed by atoms with Gasteiger partial charge in [-0.3, -0.25) is 0 Å². The maximum atomic E-state index is 8.71. The van der Waals surface area contributed by atoms with Crippen molar-refractivity contribution in [2.45, 2.75) is 17.6 Å². The third-order valence-electron chi connectivity index (χ3n) is 2.09. The van der Waals surface area contributed by atoms with Crippen molar-refractivity contribution in [1.82, 2.24) is 0 Å². The summed E-state index contributed by atoms with van der Waals surface area (Å²) in [6.45, 7) is 2.05. The molecule has 0 fully saturated rings. The van der Waals surface area contributed by atoms with Crippen molar-refractivity contribution in [2.75, 3.05) is 0 Å². The highest BCUT2D eigenvalue weighted by Gasteiger charge is 2.05. The molecule has 0 unspecified atom stereocenters. The van der Waals surface area contributed by atoms with Crippen molar-refractivity contribution in [3.05, 3.63) is 29.3 Å². The molecule has 0 spiro atoms. The molecule has 2 aromatic rings. The number of hydrogen-bond acceptors (Lipinski definition) is 3. The molecule has 0 aliphatic rings. The zero-order chi connectivity index (χ0) is 10.1.